The predicted octanol–water partition coefficient (Wildman–Crippen LogP) is 0.259. The summed E-state index contributed by atoms with van der Waals surface area (Å²) in [5, 5.41) is 3.02. The van der Waals surface area contributed by atoms with E-state index in [9.17, 15) is 4.79 Å². The molecule has 4 N–H and O–H groups in total. The Hall–Kier alpha value is -1.62. The van der Waals surface area contributed by atoms with Crippen LogP contribution in [0.25, 0.3) is 0 Å². The molecule has 0 unspecified atom stereocenters. The molecule has 0 aromatic carbocycles. The molecule has 1 rings (SSSR count). The minimum absolute atomic E-state index is 0.132. The van der Waals surface area contributed by atoms with Crippen molar-refractivity contribution in [1.82, 2.24) is 9.97 Å². The summed E-state index contributed by atoms with van der Waals surface area (Å²) in [6.45, 7) is 3.08. The van der Waals surface area contributed by atoms with Gasteiger partial charge in [-0.15, -0.1) is 0 Å². The van der Waals surface area contributed by atoms with Crippen molar-refractivity contribution in [3.8, 4) is 0 Å². The minimum Gasteiger partial charge on any atom is -0.366 e. The highest BCUT2D eigenvalue weighted by Gasteiger charge is 1.97. The van der Waals surface area contributed by atoms with Gasteiger partial charge in [-0.25, -0.2) is 4.98 Å². The highest BCUT2D eigenvalue weighted by molar-refractivity contribution is 5.33. The number of nitrogens with one attached hydrogen (secondary N) is 2. The van der Waals surface area contributed by atoms with Crippen LogP contribution in [0, 0.1) is 0 Å². The van der Waals surface area contributed by atoms with Gasteiger partial charge in [0, 0.05) is 25.6 Å². The van der Waals surface area contributed by atoms with Gasteiger partial charge in [0.05, 0.1) is 0 Å². The van der Waals surface area contributed by atoms with Crippen molar-refractivity contribution in [2.24, 2.45) is 5.73 Å². The van der Waals surface area contributed by atoms with Crippen LogP contribution < -0.4 is 16.6 Å². The Kier molecular flexibility index (Phi) is 4.56. The lowest BCUT2D eigenvalue weighted by Crippen LogP contribution is -2.13. The molecular weight excluding hydrogens is 192 g/mol. The van der Waals surface area contributed by atoms with Gasteiger partial charge < -0.3 is 16.0 Å². The van der Waals surface area contributed by atoms with E-state index in [1.165, 1.54) is 6.07 Å². The Labute approximate surface area is 88.4 Å². The molecule has 1 aromatic heterocycles. The summed E-state index contributed by atoms with van der Waals surface area (Å²) in [6.07, 6.45) is 4.46. The Morgan fingerprint density at radius 1 is 1.60 bits per heavy atom. The second-order valence-electron chi connectivity index (χ2n) is 3.02. The van der Waals surface area contributed by atoms with E-state index in [2.05, 4.69) is 15.3 Å². The summed E-state index contributed by atoms with van der Waals surface area (Å²) in [6, 6.07) is 1.44. The number of H-pyrrole nitrogens is 1. The maximum atomic E-state index is 11.2. The molecule has 0 atom stereocenters. The Morgan fingerprint density at radius 2 is 2.40 bits per heavy atom. The maximum Gasteiger partial charge on any atom is 0.252 e. The monoisotopic (exact) mass is 208 g/mol. The molecule has 5 heteroatoms. The fourth-order valence-corrected chi connectivity index (χ4v) is 1.11. The molecule has 0 bridgehead atoms. The van der Waals surface area contributed by atoms with Crippen molar-refractivity contribution in [1.29, 1.82) is 0 Å². The van der Waals surface area contributed by atoms with E-state index in [-0.39, 0.29) is 5.56 Å². The number of aryl methyl sites for hydroxylation is 1. The highest BCUT2D eigenvalue weighted by Crippen LogP contribution is 1.98. The Bertz CT molecular complexity index is 383. The van der Waals surface area contributed by atoms with Gasteiger partial charge in [-0.05, 0) is 0 Å². The smallest absolute Gasteiger partial charge is 0.252 e. The first kappa shape index (κ1) is 11.5. The van der Waals surface area contributed by atoms with E-state index in [0.29, 0.717) is 31.2 Å². The van der Waals surface area contributed by atoms with Crippen molar-refractivity contribution >= 4 is 5.82 Å². The standard InChI is InChI=1S/C10H16N4O/c1-2-8-13-9(7-10(15)14-8)12-6-4-3-5-11/h3-4,7H,2,5-6,11H2,1H3,(H2,12,13,14,15)/b4-3+. The number of nitrogens with two attached hydrogens (primary N) is 1. The van der Waals surface area contributed by atoms with Crippen LogP contribution in [0.4, 0.5) is 5.82 Å². The molecule has 0 aliphatic carbocycles. The minimum atomic E-state index is -0.132. The third-order valence-corrected chi connectivity index (χ3v) is 1.83. The first-order valence-electron chi connectivity index (χ1n) is 4.95. The second-order valence-corrected chi connectivity index (χ2v) is 3.02. The van der Waals surface area contributed by atoms with Crippen molar-refractivity contribution < 1.29 is 0 Å². The lowest BCUT2D eigenvalue weighted by Gasteiger charge is -2.03. The molecule has 0 radical (unpaired) electrons. The maximum absolute atomic E-state index is 11.2. The Morgan fingerprint density at radius 3 is 3.07 bits per heavy atom. The summed E-state index contributed by atoms with van der Waals surface area (Å²) in [5.74, 6) is 1.28. The molecule has 0 amide bonds. The van der Waals surface area contributed by atoms with E-state index in [1.54, 1.807) is 0 Å². The normalized spacial score (nSPS) is 10.8. The fourth-order valence-electron chi connectivity index (χ4n) is 1.11. The summed E-state index contributed by atoms with van der Waals surface area (Å²) in [5.41, 5.74) is 5.16. The number of rotatable bonds is 5. The fraction of sp³-hybridized carbons (Fsp3) is 0.400. The van der Waals surface area contributed by atoms with Crippen LogP contribution in [0.5, 0.6) is 0 Å². The van der Waals surface area contributed by atoms with Crippen molar-refractivity contribution in [2.45, 2.75) is 13.3 Å². The summed E-state index contributed by atoms with van der Waals surface area (Å²) in [4.78, 5) is 18.1. The van der Waals surface area contributed by atoms with Crippen LogP contribution >= 0.6 is 0 Å². The van der Waals surface area contributed by atoms with Gasteiger partial charge in [0.15, 0.2) is 0 Å². The van der Waals surface area contributed by atoms with E-state index in [1.807, 2.05) is 19.1 Å². The zero-order valence-corrected chi connectivity index (χ0v) is 8.79. The number of aromatic nitrogens is 2. The van der Waals surface area contributed by atoms with Crippen LogP contribution in [0.1, 0.15) is 12.7 Å². The summed E-state index contributed by atoms with van der Waals surface area (Å²) in [7, 11) is 0. The van der Waals surface area contributed by atoms with Crippen LogP contribution in [-0.2, 0) is 6.42 Å². The molecule has 0 spiro atoms. The zero-order chi connectivity index (χ0) is 11.1. The van der Waals surface area contributed by atoms with Gasteiger partial charge in [0.1, 0.15) is 11.6 Å². The predicted molar refractivity (Wildman–Crippen MR) is 60.9 cm³/mol. The van der Waals surface area contributed by atoms with Gasteiger partial charge >= 0.3 is 0 Å². The van der Waals surface area contributed by atoms with Gasteiger partial charge in [-0.2, -0.15) is 0 Å². The third-order valence-electron chi connectivity index (χ3n) is 1.83. The summed E-state index contributed by atoms with van der Waals surface area (Å²) < 4.78 is 0. The SMILES string of the molecule is CCc1nc(NC/C=C/CN)cc(=O)[nH]1. The van der Waals surface area contributed by atoms with Gasteiger partial charge in [-0.1, -0.05) is 19.1 Å². The van der Waals surface area contributed by atoms with Crippen LogP contribution in [-0.4, -0.2) is 23.1 Å². The molecule has 0 fully saturated rings. The van der Waals surface area contributed by atoms with Crippen molar-refractivity contribution in [3.05, 3.63) is 34.4 Å². The van der Waals surface area contributed by atoms with Crippen LogP contribution in [0.3, 0.4) is 0 Å². The van der Waals surface area contributed by atoms with Gasteiger partial charge in [0.25, 0.3) is 5.56 Å². The summed E-state index contributed by atoms with van der Waals surface area (Å²) >= 11 is 0. The lowest BCUT2D eigenvalue weighted by molar-refractivity contribution is 0.920. The van der Waals surface area contributed by atoms with E-state index < -0.39 is 0 Å². The molecule has 82 valence electrons. The third kappa shape index (κ3) is 3.95. The quantitative estimate of drug-likeness (QED) is 0.606. The Balaban J connectivity index is 2.64. The molecule has 0 aliphatic heterocycles. The molecule has 1 heterocycles. The van der Waals surface area contributed by atoms with E-state index in [4.69, 9.17) is 5.73 Å². The molecule has 0 saturated heterocycles. The first-order valence-corrected chi connectivity index (χ1v) is 4.95. The lowest BCUT2D eigenvalue weighted by atomic mass is 10.4. The number of hydrogen-bond acceptors (Lipinski definition) is 4. The largest absolute Gasteiger partial charge is 0.366 e. The van der Waals surface area contributed by atoms with E-state index in [0.717, 1.165) is 0 Å². The highest BCUT2D eigenvalue weighted by atomic mass is 16.1. The zero-order valence-electron chi connectivity index (χ0n) is 8.79. The van der Waals surface area contributed by atoms with Crippen molar-refractivity contribution in [2.75, 3.05) is 18.4 Å². The van der Waals surface area contributed by atoms with Crippen LogP contribution in [0.2, 0.25) is 0 Å². The first-order chi connectivity index (χ1) is 7.26. The van der Waals surface area contributed by atoms with Gasteiger partial charge in [-0.3, -0.25) is 4.79 Å². The molecule has 5 nitrogen and oxygen atoms in total. The van der Waals surface area contributed by atoms with E-state index >= 15 is 0 Å². The van der Waals surface area contributed by atoms with Gasteiger partial charge in [0.2, 0.25) is 0 Å². The molecular formula is C10H16N4O. The molecule has 0 saturated carbocycles. The molecule has 1 aromatic rings. The molecule has 0 aliphatic rings. The number of nitrogens with zero attached hydrogens (tertiary/aromatic N) is 1. The average Bonchev–Trinajstić information content (AvgIpc) is 2.23. The van der Waals surface area contributed by atoms with Crippen molar-refractivity contribution in [3.63, 3.8) is 0 Å². The number of aromatic amines is 1. The number of anilines is 1. The average molecular weight is 208 g/mol. The topological polar surface area (TPSA) is 83.8 Å². The second kappa shape index (κ2) is 5.98. The number of hydrogen-bond donors (Lipinski definition) is 3. The van der Waals surface area contributed by atoms with Crippen LogP contribution in [0.15, 0.2) is 23.0 Å². The molecule has 15 heavy (non-hydrogen) atoms.